The zero-order valence-electron chi connectivity index (χ0n) is 14.2. The molecule has 6 heteroatoms. The van der Waals surface area contributed by atoms with Crippen molar-refractivity contribution in [1.29, 1.82) is 0 Å². The number of aryl methyl sites for hydroxylation is 1. The highest BCUT2D eigenvalue weighted by molar-refractivity contribution is 14.2. The second-order valence-electron chi connectivity index (χ2n) is 6.53. The van der Waals surface area contributed by atoms with E-state index in [1.807, 2.05) is 0 Å². The Hall–Kier alpha value is -0.890. The predicted molar refractivity (Wildman–Crippen MR) is 112 cm³/mol. The standard InChI is InChI=1S/C18H23IN4S/c1-12-5-3-4-6-17(20-8-7-12)23-18-14-10-16(24-19)13(2)9-15(14)21-11-22-18/h9-12H,3-8H2,1-2H3,(H,20,21,22,23). The Kier molecular flexibility index (Phi) is 6.32. The number of hydrogen-bond donors (Lipinski definition) is 1. The lowest BCUT2D eigenvalue weighted by atomic mass is 10.0. The number of fused-ring (bicyclic) bond motifs is 1. The Morgan fingerprint density at radius 3 is 2.92 bits per heavy atom. The summed E-state index contributed by atoms with van der Waals surface area (Å²) in [6, 6.07) is 4.32. The normalized spacial score (nSPS) is 19.3. The third-order valence-corrected chi connectivity index (χ3v) is 6.59. The molecular formula is C18H23IN4S. The zero-order valence-corrected chi connectivity index (χ0v) is 17.2. The number of hydrogen-bond acceptors (Lipinski definition) is 5. The van der Waals surface area contributed by atoms with Crippen molar-refractivity contribution in [2.45, 2.75) is 50.8 Å². The van der Waals surface area contributed by atoms with E-state index >= 15 is 0 Å². The first kappa shape index (κ1) is 17.9. The second kappa shape index (κ2) is 8.47. The van der Waals surface area contributed by atoms with Crippen LogP contribution >= 0.6 is 30.1 Å². The van der Waals surface area contributed by atoms with E-state index in [0.29, 0.717) is 0 Å². The van der Waals surface area contributed by atoms with Crippen molar-refractivity contribution in [3.63, 3.8) is 0 Å². The lowest BCUT2D eigenvalue weighted by Gasteiger charge is -2.12. The molecule has 1 N–H and O–H groups in total. The molecule has 1 unspecified atom stereocenters. The molecule has 1 aromatic carbocycles. The molecule has 1 atom stereocenters. The van der Waals surface area contributed by atoms with E-state index in [-0.39, 0.29) is 0 Å². The molecule has 2 heterocycles. The van der Waals surface area contributed by atoms with Gasteiger partial charge in [-0.05, 0) is 43.4 Å². The first-order chi connectivity index (χ1) is 11.7. The van der Waals surface area contributed by atoms with Crippen molar-refractivity contribution < 1.29 is 0 Å². The minimum Gasteiger partial charge on any atom is -0.328 e. The van der Waals surface area contributed by atoms with Gasteiger partial charge in [0.2, 0.25) is 0 Å². The molecule has 1 aromatic heterocycles. The van der Waals surface area contributed by atoms with Gasteiger partial charge in [0, 0.05) is 44.5 Å². The smallest absolute Gasteiger partial charge is 0.142 e. The molecule has 0 spiro atoms. The Bertz CT molecular complexity index is 747. The van der Waals surface area contributed by atoms with Gasteiger partial charge in [-0.1, -0.05) is 28.7 Å². The molecule has 0 bridgehead atoms. The van der Waals surface area contributed by atoms with Gasteiger partial charge in [-0.3, -0.25) is 4.99 Å². The molecule has 1 aliphatic rings. The summed E-state index contributed by atoms with van der Waals surface area (Å²) >= 11 is 2.33. The molecule has 0 amide bonds. The molecule has 4 nitrogen and oxygen atoms in total. The van der Waals surface area contributed by atoms with Crippen molar-refractivity contribution in [3.8, 4) is 0 Å². The summed E-state index contributed by atoms with van der Waals surface area (Å²) in [4.78, 5) is 15.0. The molecule has 1 aliphatic heterocycles. The summed E-state index contributed by atoms with van der Waals surface area (Å²) in [5.74, 6) is 2.71. The van der Waals surface area contributed by atoms with Crippen LogP contribution in [0.5, 0.6) is 0 Å². The third-order valence-electron chi connectivity index (χ3n) is 4.56. The van der Waals surface area contributed by atoms with Crippen molar-refractivity contribution in [3.05, 3.63) is 24.0 Å². The van der Waals surface area contributed by atoms with E-state index in [2.05, 4.69) is 62.5 Å². The monoisotopic (exact) mass is 454 g/mol. The van der Waals surface area contributed by atoms with Crippen molar-refractivity contribution in [1.82, 2.24) is 9.97 Å². The maximum atomic E-state index is 4.79. The minimum atomic E-state index is 0.777. The number of nitrogens with one attached hydrogen (secondary N) is 1. The lowest BCUT2D eigenvalue weighted by Crippen LogP contribution is -2.14. The molecule has 0 saturated heterocycles. The van der Waals surface area contributed by atoms with Crippen LogP contribution in [0, 0.1) is 12.8 Å². The first-order valence-electron chi connectivity index (χ1n) is 8.51. The van der Waals surface area contributed by atoms with Gasteiger partial charge in [0.15, 0.2) is 0 Å². The highest BCUT2D eigenvalue weighted by Crippen LogP contribution is 2.33. The fourth-order valence-corrected chi connectivity index (χ4v) is 4.80. The second-order valence-corrected chi connectivity index (χ2v) is 8.44. The number of rotatable bonds is 2. The fourth-order valence-electron chi connectivity index (χ4n) is 3.04. The number of aliphatic imine (C=N–C) groups is 1. The molecule has 0 aliphatic carbocycles. The van der Waals surface area contributed by atoms with Crippen LogP contribution in [-0.4, -0.2) is 22.3 Å². The van der Waals surface area contributed by atoms with Gasteiger partial charge >= 0.3 is 0 Å². The van der Waals surface area contributed by atoms with Gasteiger partial charge in [-0.15, -0.1) is 0 Å². The Labute approximate surface area is 159 Å². The topological polar surface area (TPSA) is 50.2 Å². The van der Waals surface area contributed by atoms with Crippen LogP contribution in [0.2, 0.25) is 0 Å². The number of anilines is 1. The first-order valence-corrected chi connectivity index (χ1v) is 11.9. The SMILES string of the molecule is Cc1cc2ncnc(NC3=NCCC(C)CCCC3)c2cc1SI. The summed E-state index contributed by atoms with van der Waals surface area (Å²) in [5.41, 5.74) is 2.23. The average molecular weight is 454 g/mol. The highest BCUT2D eigenvalue weighted by Gasteiger charge is 2.11. The molecule has 2 aromatic rings. The number of aromatic nitrogens is 2. The summed E-state index contributed by atoms with van der Waals surface area (Å²) in [6.45, 7) is 5.36. The molecule has 0 saturated carbocycles. The molecule has 0 fully saturated rings. The van der Waals surface area contributed by atoms with Gasteiger partial charge < -0.3 is 5.32 Å². The van der Waals surface area contributed by atoms with Gasteiger partial charge in [0.05, 0.1) is 5.52 Å². The van der Waals surface area contributed by atoms with Crippen LogP contribution in [0.15, 0.2) is 28.3 Å². The summed E-state index contributed by atoms with van der Waals surface area (Å²) in [5, 5.41) is 4.56. The molecular weight excluding hydrogens is 431 g/mol. The van der Waals surface area contributed by atoms with Crippen LogP contribution in [0.1, 0.15) is 44.6 Å². The third kappa shape index (κ3) is 4.39. The maximum absolute atomic E-state index is 4.79. The van der Waals surface area contributed by atoms with Crippen LogP contribution in [0.25, 0.3) is 10.9 Å². The predicted octanol–water partition coefficient (Wildman–Crippen LogP) is 5.79. The van der Waals surface area contributed by atoms with Gasteiger partial charge in [-0.2, -0.15) is 0 Å². The Morgan fingerprint density at radius 1 is 1.21 bits per heavy atom. The zero-order chi connectivity index (χ0) is 16.9. The largest absolute Gasteiger partial charge is 0.328 e. The van der Waals surface area contributed by atoms with Crippen molar-refractivity contribution >= 4 is 52.7 Å². The van der Waals surface area contributed by atoms with E-state index in [1.165, 1.54) is 36.1 Å². The summed E-state index contributed by atoms with van der Waals surface area (Å²) < 4.78 is 0. The van der Waals surface area contributed by atoms with Gasteiger partial charge in [0.1, 0.15) is 18.0 Å². The number of halogens is 1. The lowest BCUT2D eigenvalue weighted by molar-refractivity contribution is 0.480. The molecule has 128 valence electrons. The molecule has 24 heavy (non-hydrogen) atoms. The van der Waals surface area contributed by atoms with Crippen molar-refractivity contribution in [2.75, 3.05) is 11.9 Å². The quantitative estimate of drug-likeness (QED) is 0.584. The van der Waals surface area contributed by atoms with E-state index in [1.54, 1.807) is 15.3 Å². The van der Waals surface area contributed by atoms with Crippen LogP contribution in [0.4, 0.5) is 5.82 Å². The van der Waals surface area contributed by atoms with E-state index < -0.39 is 0 Å². The van der Waals surface area contributed by atoms with Crippen molar-refractivity contribution in [2.24, 2.45) is 10.9 Å². The van der Waals surface area contributed by atoms with Gasteiger partial charge in [-0.25, -0.2) is 9.97 Å². The molecule has 3 rings (SSSR count). The van der Waals surface area contributed by atoms with E-state index in [9.17, 15) is 0 Å². The minimum absolute atomic E-state index is 0.777. The number of amidine groups is 1. The number of nitrogens with zero attached hydrogens (tertiary/aromatic N) is 3. The van der Waals surface area contributed by atoms with E-state index in [4.69, 9.17) is 4.99 Å². The van der Waals surface area contributed by atoms with Crippen LogP contribution in [0.3, 0.4) is 0 Å². The Morgan fingerprint density at radius 2 is 2.08 bits per heavy atom. The Balaban J connectivity index is 1.89. The van der Waals surface area contributed by atoms with Gasteiger partial charge in [0.25, 0.3) is 0 Å². The number of benzene rings is 1. The fraction of sp³-hybridized carbons (Fsp3) is 0.500. The van der Waals surface area contributed by atoms with Crippen LogP contribution < -0.4 is 5.32 Å². The molecule has 0 radical (unpaired) electrons. The summed E-state index contributed by atoms with van der Waals surface area (Å²) in [7, 11) is 1.73. The average Bonchev–Trinajstić information content (AvgIpc) is 2.67. The highest BCUT2D eigenvalue weighted by atomic mass is 127. The maximum Gasteiger partial charge on any atom is 0.142 e. The summed E-state index contributed by atoms with van der Waals surface area (Å²) in [6.07, 6.45) is 7.59. The van der Waals surface area contributed by atoms with Crippen LogP contribution in [-0.2, 0) is 0 Å². The van der Waals surface area contributed by atoms with E-state index in [0.717, 1.165) is 41.4 Å².